The van der Waals surface area contributed by atoms with Crippen molar-refractivity contribution in [2.45, 2.75) is 13.0 Å². The van der Waals surface area contributed by atoms with Crippen LogP contribution in [0.3, 0.4) is 0 Å². The summed E-state index contributed by atoms with van der Waals surface area (Å²) >= 11 is 0. The summed E-state index contributed by atoms with van der Waals surface area (Å²) < 4.78 is 5.20. The van der Waals surface area contributed by atoms with Gasteiger partial charge in [-0.25, -0.2) is 0 Å². The highest BCUT2D eigenvalue weighted by Crippen LogP contribution is 2.23. The Labute approximate surface area is 116 Å². The van der Waals surface area contributed by atoms with Crippen molar-refractivity contribution in [1.29, 1.82) is 0 Å². The van der Waals surface area contributed by atoms with Gasteiger partial charge in [0.25, 0.3) is 5.91 Å². The number of phenolic OH excluding ortho intramolecular Hbond substituents is 1. The second kappa shape index (κ2) is 5.92. The van der Waals surface area contributed by atoms with Crippen molar-refractivity contribution >= 4 is 11.9 Å². The molecule has 1 saturated heterocycles. The predicted molar refractivity (Wildman–Crippen MR) is 70.6 cm³/mol. The number of carbonyl (C=O) groups excluding carboxylic acids is 1. The summed E-state index contributed by atoms with van der Waals surface area (Å²) in [7, 11) is 0. The standard InChI is InChI=1S/C14H17NO5/c1-2-15(12-8-20-7-11(12)14(18)19)13(17)9-4-3-5-10(16)6-9/h3-6,11-12,16H,2,7-8H2,1H3,(H,18,19). The minimum Gasteiger partial charge on any atom is -0.508 e. The first-order valence-corrected chi connectivity index (χ1v) is 6.45. The number of carbonyl (C=O) groups is 2. The van der Waals surface area contributed by atoms with E-state index in [0.717, 1.165) is 0 Å². The topological polar surface area (TPSA) is 87.1 Å². The number of carboxylic acid groups (broad SMARTS) is 1. The van der Waals surface area contributed by atoms with Gasteiger partial charge < -0.3 is 19.8 Å². The third-order valence-electron chi connectivity index (χ3n) is 3.46. The molecule has 0 aliphatic carbocycles. The normalized spacial score (nSPS) is 21.6. The number of nitrogens with zero attached hydrogens (tertiary/aromatic N) is 1. The summed E-state index contributed by atoms with van der Waals surface area (Å²) in [6.45, 7) is 2.50. The van der Waals surface area contributed by atoms with E-state index in [4.69, 9.17) is 9.84 Å². The number of rotatable bonds is 4. The molecule has 1 aliphatic heterocycles. The molecule has 1 fully saturated rings. The molecule has 0 bridgehead atoms. The van der Waals surface area contributed by atoms with Crippen LogP contribution in [0.4, 0.5) is 0 Å². The van der Waals surface area contributed by atoms with E-state index >= 15 is 0 Å². The molecule has 0 spiro atoms. The monoisotopic (exact) mass is 279 g/mol. The van der Waals surface area contributed by atoms with Crippen LogP contribution in [-0.4, -0.2) is 52.8 Å². The predicted octanol–water partition coefficient (Wildman–Crippen LogP) is 0.954. The van der Waals surface area contributed by atoms with Gasteiger partial charge >= 0.3 is 5.97 Å². The Bertz CT molecular complexity index is 516. The van der Waals surface area contributed by atoms with Gasteiger partial charge in [0.05, 0.1) is 19.3 Å². The van der Waals surface area contributed by atoms with Gasteiger partial charge in [-0.1, -0.05) is 6.07 Å². The SMILES string of the molecule is CCN(C(=O)c1cccc(O)c1)C1COCC1C(=O)O. The van der Waals surface area contributed by atoms with Crippen molar-refractivity contribution in [1.82, 2.24) is 4.90 Å². The molecule has 108 valence electrons. The molecule has 0 radical (unpaired) electrons. The van der Waals surface area contributed by atoms with Crippen molar-refractivity contribution in [2.75, 3.05) is 19.8 Å². The minimum atomic E-state index is -0.963. The van der Waals surface area contributed by atoms with Crippen LogP contribution in [0.5, 0.6) is 5.75 Å². The van der Waals surface area contributed by atoms with Gasteiger partial charge in [-0.3, -0.25) is 9.59 Å². The van der Waals surface area contributed by atoms with Crippen LogP contribution < -0.4 is 0 Å². The highest BCUT2D eigenvalue weighted by atomic mass is 16.5. The van der Waals surface area contributed by atoms with Gasteiger partial charge in [0.15, 0.2) is 0 Å². The molecule has 20 heavy (non-hydrogen) atoms. The summed E-state index contributed by atoms with van der Waals surface area (Å²) in [5.74, 6) is -1.97. The third kappa shape index (κ3) is 2.75. The third-order valence-corrected chi connectivity index (χ3v) is 3.46. The van der Waals surface area contributed by atoms with E-state index < -0.39 is 17.9 Å². The summed E-state index contributed by atoms with van der Waals surface area (Å²) in [5.41, 5.74) is 0.336. The van der Waals surface area contributed by atoms with Crippen LogP contribution in [-0.2, 0) is 9.53 Å². The molecule has 2 atom stereocenters. The smallest absolute Gasteiger partial charge is 0.311 e. The number of likely N-dealkylation sites (N-methyl/N-ethyl adjacent to an activating group) is 1. The van der Waals surface area contributed by atoms with E-state index in [1.165, 1.54) is 17.0 Å². The lowest BCUT2D eigenvalue weighted by atomic mass is 10.0. The molecular weight excluding hydrogens is 262 g/mol. The first kappa shape index (κ1) is 14.3. The fourth-order valence-electron chi connectivity index (χ4n) is 2.42. The van der Waals surface area contributed by atoms with E-state index in [-0.39, 0.29) is 24.9 Å². The Kier molecular flexibility index (Phi) is 4.24. The van der Waals surface area contributed by atoms with E-state index in [1.807, 2.05) is 0 Å². The van der Waals surface area contributed by atoms with Gasteiger partial charge in [-0.05, 0) is 25.1 Å². The van der Waals surface area contributed by atoms with Gasteiger partial charge in [0.1, 0.15) is 11.7 Å². The maximum absolute atomic E-state index is 12.4. The molecule has 1 aliphatic rings. The molecule has 2 N–H and O–H groups in total. The largest absolute Gasteiger partial charge is 0.508 e. The second-order valence-corrected chi connectivity index (χ2v) is 4.69. The number of hydrogen-bond acceptors (Lipinski definition) is 4. The lowest BCUT2D eigenvalue weighted by Gasteiger charge is -2.29. The summed E-state index contributed by atoms with van der Waals surface area (Å²) in [5, 5.41) is 18.6. The van der Waals surface area contributed by atoms with E-state index in [9.17, 15) is 14.7 Å². The molecule has 2 rings (SSSR count). The quantitative estimate of drug-likeness (QED) is 0.857. The zero-order valence-electron chi connectivity index (χ0n) is 11.2. The van der Waals surface area contributed by atoms with Gasteiger partial charge in [0.2, 0.25) is 0 Å². The summed E-state index contributed by atoms with van der Waals surface area (Å²) in [6.07, 6.45) is 0. The van der Waals surface area contributed by atoms with Gasteiger partial charge in [-0.2, -0.15) is 0 Å². The van der Waals surface area contributed by atoms with Crippen LogP contribution in [0.2, 0.25) is 0 Å². The molecule has 0 saturated carbocycles. The average Bonchev–Trinajstić information content (AvgIpc) is 2.89. The highest BCUT2D eigenvalue weighted by Gasteiger charge is 2.39. The second-order valence-electron chi connectivity index (χ2n) is 4.69. The number of aliphatic carboxylic acids is 1. The van der Waals surface area contributed by atoms with Gasteiger partial charge in [-0.15, -0.1) is 0 Å². The molecule has 1 aromatic rings. The van der Waals surface area contributed by atoms with Crippen molar-refractivity contribution in [3.63, 3.8) is 0 Å². The molecule has 1 aromatic carbocycles. The molecule has 1 heterocycles. The van der Waals surface area contributed by atoms with Crippen LogP contribution >= 0.6 is 0 Å². The Morgan fingerprint density at radius 2 is 2.15 bits per heavy atom. The lowest BCUT2D eigenvalue weighted by molar-refractivity contribution is -0.142. The van der Waals surface area contributed by atoms with Crippen LogP contribution in [0.15, 0.2) is 24.3 Å². The van der Waals surface area contributed by atoms with Crippen molar-refractivity contribution in [2.24, 2.45) is 5.92 Å². The Morgan fingerprint density at radius 3 is 2.75 bits per heavy atom. The number of benzene rings is 1. The Morgan fingerprint density at radius 1 is 1.40 bits per heavy atom. The van der Waals surface area contributed by atoms with Crippen LogP contribution in [0, 0.1) is 5.92 Å². The number of amides is 1. The zero-order valence-corrected chi connectivity index (χ0v) is 11.2. The first-order chi connectivity index (χ1) is 9.54. The maximum atomic E-state index is 12.4. The van der Waals surface area contributed by atoms with Crippen LogP contribution in [0.25, 0.3) is 0 Å². The van der Waals surface area contributed by atoms with Crippen molar-refractivity contribution < 1.29 is 24.5 Å². The van der Waals surface area contributed by atoms with E-state index in [2.05, 4.69) is 0 Å². The van der Waals surface area contributed by atoms with Crippen molar-refractivity contribution in [3.05, 3.63) is 29.8 Å². The van der Waals surface area contributed by atoms with Crippen LogP contribution in [0.1, 0.15) is 17.3 Å². The first-order valence-electron chi connectivity index (χ1n) is 6.45. The number of aromatic hydroxyl groups is 1. The Hall–Kier alpha value is -2.08. The molecule has 2 unspecified atom stereocenters. The fraction of sp³-hybridized carbons (Fsp3) is 0.429. The maximum Gasteiger partial charge on any atom is 0.311 e. The molecule has 6 heteroatoms. The molecule has 6 nitrogen and oxygen atoms in total. The molecule has 0 aromatic heterocycles. The number of hydrogen-bond donors (Lipinski definition) is 2. The van der Waals surface area contributed by atoms with E-state index in [1.54, 1.807) is 19.1 Å². The summed E-state index contributed by atoms with van der Waals surface area (Å²) in [6, 6.07) is 5.54. The zero-order chi connectivity index (χ0) is 14.7. The van der Waals surface area contributed by atoms with Gasteiger partial charge in [0, 0.05) is 12.1 Å². The Balaban J connectivity index is 2.23. The fourth-order valence-corrected chi connectivity index (χ4v) is 2.42. The average molecular weight is 279 g/mol. The molecule has 1 amide bonds. The summed E-state index contributed by atoms with van der Waals surface area (Å²) in [4.78, 5) is 25.1. The number of ether oxygens (including phenoxy) is 1. The van der Waals surface area contributed by atoms with E-state index in [0.29, 0.717) is 12.1 Å². The highest BCUT2D eigenvalue weighted by molar-refractivity contribution is 5.95. The minimum absolute atomic E-state index is 0.00404. The number of phenols is 1. The lowest BCUT2D eigenvalue weighted by Crippen LogP contribution is -2.46. The number of carboxylic acids is 1. The van der Waals surface area contributed by atoms with Crippen molar-refractivity contribution in [3.8, 4) is 5.75 Å². The molecular formula is C14H17NO5.